The second-order valence-electron chi connectivity index (χ2n) is 17.2. The van der Waals surface area contributed by atoms with Crippen molar-refractivity contribution in [2.75, 3.05) is 0 Å². The molecule has 6 aromatic rings. The van der Waals surface area contributed by atoms with E-state index < -0.39 is 0 Å². The Morgan fingerprint density at radius 1 is 0.194 bits per heavy atom. The quantitative estimate of drug-likeness (QED) is 0.107. The van der Waals surface area contributed by atoms with Crippen molar-refractivity contribution in [2.24, 2.45) is 0 Å². The molecule has 6 aromatic carbocycles. The molecule has 0 amide bonds. The van der Waals surface area contributed by atoms with Gasteiger partial charge < -0.3 is 0 Å². The summed E-state index contributed by atoms with van der Waals surface area (Å²) in [7, 11) is 0. The third-order valence-corrected chi connectivity index (χ3v) is 10.5. The van der Waals surface area contributed by atoms with Crippen LogP contribution in [0.3, 0.4) is 0 Å². The summed E-state index contributed by atoms with van der Waals surface area (Å²) in [5, 5.41) is 0. The van der Waals surface area contributed by atoms with E-state index in [-0.39, 0.29) is 21.1 Å². The van der Waals surface area contributed by atoms with E-state index in [1.165, 1.54) is 33.4 Å². The Balaban J connectivity index is 0.000000778. The molecule has 0 spiro atoms. The minimum Gasteiger partial charge on any atom is -0.238 e. The van der Waals surface area contributed by atoms with Crippen molar-refractivity contribution in [3.63, 3.8) is 0 Å². The molecule has 0 atom stereocenters. The summed E-state index contributed by atoms with van der Waals surface area (Å²) < 4.78 is 0. The van der Waals surface area contributed by atoms with E-state index in [2.05, 4.69) is 29.1 Å². The number of aryl methyl sites for hydroxylation is 18. The first kappa shape index (κ1) is 59.9. The standard InChI is InChI=1S/6C10H11N.Mo/c6*1-7-5-8(2)10(11-4)9(3)6-7;/h6*5-6H,1-3H3;. The van der Waals surface area contributed by atoms with Crippen LogP contribution in [0.1, 0.15) is 100 Å². The van der Waals surface area contributed by atoms with Crippen molar-refractivity contribution in [1.82, 2.24) is 0 Å². The topological polar surface area (TPSA) is 26.2 Å². The van der Waals surface area contributed by atoms with Crippen LogP contribution in [-0.2, 0) is 21.1 Å². The van der Waals surface area contributed by atoms with Crippen LogP contribution in [0, 0.1) is 164 Å². The fraction of sp³-hybridized carbons (Fsp3) is 0.300. The summed E-state index contributed by atoms with van der Waals surface area (Å²) in [6, 6.07) is 24.5. The van der Waals surface area contributed by atoms with E-state index >= 15 is 0 Å². The predicted octanol–water partition coefficient (Wildman–Crippen LogP) is 19.0. The largest absolute Gasteiger partial charge is 0.238 e. The Morgan fingerprint density at radius 3 is 0.328 bits per heavy atom. The van der Waals surface area contributed by atoms with Gasteiger partial charge in [-0.3, -0.25) is 0 Å². The normalized spacial score (nSPS) is 9.13. The molecule has 342 valence electrons. The zero-order chi connectivity index (χ0) is 50.6. The summed E-state index contributed by atoms with van der Waals surface area (Å²) in [5.41, 5.74) is 25.2. The first-order chi connectivity index (χ1) is 30.9. The van der Waals surface area contributed by atoms with Crippen molar-refractivity contribution in [3.05, 3.63) is 241 Å². The summed E-state index contributed by atoms with van der Waals surface area (Å²) >= 11 is 0. The monoisotopic (exact) mass is 968 g/mol. The van der Waals surface area contributed by atoms with Gasteiger partial charge in [0.25, 0.3) is 0 Å². The van der Waals surface area contributed by atoms with E-state index in [1.807, 2.05) is 197 Å². The molecule has 6 nitrogen and oxygen atoms in total. The van der Waals surface area contributed by atoms with Gasteiger partial charge in [0.1, 0.15) is 0 Å². The third kappa shape index (κ3) is 18.8. The van der Waals surface area contributed by atoms with Gasteiger partial charge in [-0.2, -0.15) is 0 Å². The van der Waals surface area contributed by atoms with Crippen LogP contribution in [-0.4, -0.2) is 0 Å². The van der Waals surface area contributed by atoms with E-state index in [0.717, 1.165) is 101 Å². The van der Waals surface area contributed by atoms with Crippen molar-refractivity contribution >= 4 is 34.1 Å². The van der Waals surface area contributed by atoms with E-state index in [1.54, 1.807) is 0 Å². The molecule has 0 N–H and O–H groups in total. The molecule has 7 heteroatoms. The van der Waals surface area contributed by atoms with E-state index in [9.17, 15) is 0 Å². The fourth-order valence-corrected chi connectivity index (χ4v) is 8.09. The van der Waals surface area contributed by atoms with Gasteiger partial charge in [-0.1, -0.05) is 106 Å². The van der Waals surface area contributed by atoms with Gasteiger partial charge >= 0.3 is 0 Å². The van der Waals surface area contributed by atoms with Gasteiger partial charge in [0, 0.05) is 21.1 Å². The molecule has 0 heterocycles. The van der Waals surface area contributed by atoms with Gasteiger partial charge in [-0.15, -0.1) is 0 Å². The zero-order valence-corrected chi connectivity index (χ0v) is 45.0. The summed E-state index contributed by atoms with van der Waals surface area (Å²) in [6.07, 6.45) is 0. The number of rotatable bonds is 0. The average Bonchev–Trinajstić information content (AvgIpc) is 3.18. The maximum Gasteiger partial charge on any atom is 0.193 e. The van der Waals surface area contributed by atoms with Crippen LogP contribution in [0.4, 0.5) is 34.1 Å². The van der Waals surface area contributed by atoms with E-state index in [4.69, 9.17) is 39.4 Å². The average molecular weight is 967 g/mol. The Kier molecular flexibility index (Phi) is 25.7. The SMILES string of the molecule is [C-]#[N+]c1c(C)cc(C)cc1C.[C-]#[N+]c1c(C)cc(C)cc1C.[C-]#[N+]c1c(C)cc(C)cc1C.[C-]#[N+]c1c(C)cc(C)cc1C.[C-]#[N+]c1c(C)cc(C)cc1C.[C-]#[N+]c1c(C)cc(C)cc1C.[Mo]. The first-order valence-electron chi connectivity index (χ1n) is 21.6. The summed E-state index contributed by atoms with van der Waals surface area (Å²) in [5.74, 6) is 0. The Bertz CT molecular complexity index is 2300. The molecule has 0 unspecified atom stereocenters. The van der Waals surface area contributed by atoms with Crippen molar-refractivity contribution in [1.29, 1.82) is 0 Å². The first-order valence-corrected chi connectivity index (χ1v) is 21.6. The van der Waals surface area contributed by atoms with Gasteiger partial charge in [-0.05, 0) is 191 Å². The van der Waals surface area contributed by atoms with Crippen molar-refractivity contribution in [3.8, 4) is 0 Å². The molecule has 0 fully saturated rings. The van der Waals surface area contributed by atoms with Crippen LogP contribution in [0.15, 0.2) is 72.8 Å². The summed E-state index contributed by atoms with van der Waals surface area (Å²) in [6.45, 7) is 77.6. The number of hydrogen-bond acceptors (Lipinski definition) is 0. The Labute approximate surface area is 419 Å². The second kappa shape index (κ2) is 28.8. The fourth-order valence-electron chi connectivity index (χ4n) is 8.09. The molecular formula is C60H66MoN6. The van der Waals surface area contributed by atoms with Crippen LogP contribution < -0.4 is 0 Å². The molecule has 0 aliphatic heterocycles. The molecule has 0 saturated carbocycles. The van der Waals surface area contributed by atoms with Gasteiger partial charge in [0.15, 0.2) is 34.1 Å². The predicted molar refractivity (Wildman–Crippen MR) is 281 cm³/mol. The Hall–Kier alpha value is -7.05. The minimum absolute atomic E-state index is 0. The summed E-state index contributed by atoms with van der Waals surface area (Å²) in [4.78, 5) is 20.8. The maximum atomic E-state index is 6.92. The molecule has 67 heavy (non-hydrogen) atoms. The molecule has 0 aliphatic carbocycles. The maximum absolute atomic E-state index is 6.92. The number of nitrogens with zero attached hydrogens (tertiary/aromatic N) is 6. The molecule has 0 aliphatic rings. The molecule has 6 rings (SSSR count). The van der Waals surface area contributed by atoms with Gasteiger partial charge in [0.2, 0.25) is 0 Å². The van der Waals surface area contributed by atoms with Crippen LogP contribution in [0.2, 0.25) is 0 Å². The van der Waals surface area contributed by atoms with Crippen molar-refractivity contribution < 1.29 is 21.1 Å². The zero-order valence-electron chi connectivity index (χ0n) is 43.0. The molecule has 0 bridgehead atoms. The third-order valence-electron chi connectivity index (χ3n) is 10.5. The second-order valence-corrected chi connectivity index (χ2v) is 17.2. The molecular weight excluding hydrogens is 901 g/mol. The van der Waals surface area contributed by atoms with Crippen LogP contribution >= 0.6 is 0 Å². The van der Waals surface area contributed by atoms with E-state index in [0.29, 0.717) is 0 Å². The Morgan fingerprint density at radius 2 is 0.269 bits per heavy atom. The van der Waals surface area contributed by atoms with Crippen molar-refractivity contribution in [2.45, 2.75) is 125 Å². The van der Waals surface area contributed by atoms with Crippen LogP contribution in [0.25, 0.3) is 29.1 Å². The molecule has 0 radical (unpaired) electrons. The van der Waals surface area contributed by atoms with Gasteiger partial charge in [-0.25, -0.2) is 29.1 Å². The number of hydrogen-bond donors (Lipinski definition) is 0. The minimum atomic E-state index is 0. The molecule has 0 aromatic heterocycles. The molecule has 0 saturated heterocycles. The number of benzene rings is 6. The van der Waals surface area contributed by atoms with Crippen LogP contribution in [0.5, 0.6) is 0 Å². The van der Waals surface area contributed by atoms with Gasteiger partial charge in [0.05, 0.1) is 39.4 Å². The smallest absolute Gasteiger partial charge is 0.193 e.